The first kappa shape index (κ1) is 20.4. The van der Waals surface area contributed by atoms with Crippen LogP contribution >= 0.6 is 11.3 Å². The van der Waals surface area contributed by atoms with Crippen molar-refractivity contribution in [2.24, 2.45) is 0 Å². The predicted octanol–water partition coefficient (Wildman–Crippen LogP) is 4.31. The molecule has 1 saturated heterocycles. The van der Waals surface area contributed by atoms with E-state index in [1.165, 1.54) is 15.6 Å². The molecule has 0 saturated carbocycles. The molecule has 1 aromatic heterocycles. The third-order valence-corrected chi connectivity index (χ3v) is 6.58. The third-order valence-electron chi connectivity index (χ3n) is 5.57. The topological polar surface area (TPSA) is 52.7 Å². The maximum absolute atomic E-state index is 12.8. The van der Waals surface area contributed by atoms with Crippen LogP contribution in [-0.2, 0) is 6.42 Å². The Labute approximate surface area is 181 Å². The second-order valence-corrected chi connectivity index (χ2v) is 8.65. The number of nitrogens with one attached hydrogen (secondary N) is 1. The van der Waals surface area contributed by atoms with Gasteiger partial charge in [-0.1, -0.05) is 35.9 Å². The SMILES string of the molecule is Cc1cccc(C(=O)N2CCCN(C(=O)NCCc3csc4ccccc34)CC2)c1. The number of hydrogen-bond acceptors (Lipinski definition) is 3. The highest BCUT2D eigenvalue weighted by Gasteiger charge is 2.22. The standard InChI is InChI=1S/C24H27N3O2S/c1-18-6-4-7-19(16-18)23(28)26-12-5-13-27(15-14-26)24(29)25-11-10-20-17-30-22-9-3-2-8-21(20)22/h2-4,6-9,16-17H,5,10-15H2,1H3,(H,25,29). The highest BCUT2D eigenvalue weighted by molar-refractivity contribution is 7.17. The van der Waals surface area contributed by atoms with E-state index in [1.807, 2.05) is 41.0 Å². The van der Waals surface area contributed by atoms with Gasteiger partial charge in [-0.3, -0.25) is 4.79 Å². The molecular weight excluding hydrogens is 394 g/mol. The molecule has 0 unspecified atom stereocenters. The third kappa shape index (κ3) is 4.65. The minimum Gasteiger partial charge on any atom is -0.338 e. The van der Waals surface area contributed by atoms with Crippen molar-refractivity contribution in [1.82, 2.24) is 15.1 Å². The highest BCUT2D eigenvalue weighted by atomic mass is 32.1. The normalized spacial score (nSPS) is 14.6. The van der Waals surface area contributed by atoms with Crippen molar-refractivity contribution in [3.05, 3.63) is 70.6 Å². The molecule has 5 nitrogen and oxygen atoms in total. The van der Waals surface area contributed by atoms with Crippen LogP contribution < -0.4 is 5.32 Å². The molecule has 0 spiro atoms. The maximum Gasteiger partial charge on any atom is 0.317 e. The minimum absolute atomic E-state index is 0.0422. The lowest BCUT2D eigenvalue weighted by Gasteiger charge is -2.22. The Morgan fingerprint density at radius 2 is 1.80 bits per heavy atom. The van der Waals surface area contributed by atoms with Gasteiger partial charge in [0, 0.05) is 43.0 Å². The fraction of sp³-hybridized carbons (Fsp3) is 0.333. The molecule has 4 rings (SSSR count). The van der Waals surface area contributed by atoms with Crippen LogP contribution in [0.15, 0.2) is 53.9 Å². The van der Waals surface area contributed by atoms with E-state index in [2.05, 4.69) is 35.0 Å². The number of benzene rings is 2. The van der Waals surface area contributed by atoms with Crippen molar-refractivity contribution in [3.63, 3.8) is 0 Å². The van der Waals surface area contributed by atoms with Crippen LogP contribution in [-0.4, -0.2) is 54.5 Å². The van der Waals surface area contributed by atoms with Gasteiger partial charge in [0.2, 0.25) is 0 Å². The summed E-state index contributed by atoms with van der Waals surface area (Å²) in [5.41, 5.74) is 3.08. The van der Waals surface area contributed by atoms with E-state index in [9.17, 15) is 9.59 Å². The van der Waals surface area contributed by atoms with Crippen LogP contribution in [0.25, 0.3) is 10.1 Å². The maximum atomic E-state index is 12.8. The van der Waals surface area contributed by atoms with E-state index < -0.39 is 0 Å². The molecule has 1 N–H and O–H groups in total. The molecule has 2 aromatic carbocycles. The van der Waals surface area contributed by atoms with Crippen molar-refractivity contribution in [1.29, 1.82) is 0 Å². The fourth-order valence-corrected chi connectivity index (χ4v) is 4.92. The Morgan fingerprint density at radius 1 is 1.00 bits per heavy atom. The van der Waals surface area contributed by atoms with Gasteiger partial charge >= 0.3 is 6.03 Å². The van der Waals surface area contributed by atoms with Gasteiger partial charge in [-0.15, -0.1) is 11.3 Å². The summed E-state index contributed by atoms with van der Waals surface area (Å²) in [5.74, 6) is 0.0466. The van der Waals surface area contributed by atoms with Crippen LogP contribution in [0.5, 0.6) is 0 Å². The first-order valence-electron chi connectivity index (χ1n) is 10.5. The largest absolute Gasteiger partial charge is 0.338 e. The number of nitrogens with zero attached hydrogens (tertiary/aromatic N) is 2. The Bertz CT molecular complexity index is 1050. The molecule has 6 heteroatoms. The molecule has 0 atom stereocenters. The number of hydrogen-bond donors (Lipinski definition) is 1. The average Bonchev–Trinajstić information content (AvgIpc) is 3.00. The number of rotatable bonds is 4. The monoisotopic (exact) mass is 421 g/mol. The van der Waals surface area contributed by atoms with E-state index in [1.54, 1.807) is 11.3 Å². The Hall–Kier alpha value is -2.86. The number of fused-ring (bicyclic) bond motifs is 1. The first-order chi connectivity index (χ1) is 14.6. The Kier molecular flexibility index (Phi) is 6.33. The second-order valence-electron chi connectivity index (χ2n) is 7.74. The van der Waals surface area contributed by atoms with E-state index in [-0.39, 0.29) is 11.9 Å². The molecule has 0 bridgehead atoms. The van der Waals surface area contributed by atoms with Crippen molar-refractivity contribution in [2.75, 3.05) is 32.7 Å². The summed E-state index contributed by atoms with van der Waals surface area (Å²) in [6, 6.07) is 16.0. The fourth-order valence-electron chi connectivity index (χ4n) is 3.93. The number of carbonyl (C=O) groups excluding carboxylic acids is 2. The van der Waals surface area contributed by atoms with E-state index in [0.29, 0.717) is 32.7 Å². The van der Waals surface area contributed by atoms with Crippen LogP contribution in [0, 0.1) is 6.92 Å². The number of carbonyl (C=O) groups is 2. The molecule has 1 aliphatic heterocycles. The lowest BCUT2D eigenvalue weighted by Crippen LogP contribution is -2.43. The minimum atomic E-state index is -0.0422. The number of thiophene rings is 1. The van der Waals surface area contributed by atoms with Crippen LogP contribution in [0.3, 0.4) is 0 Å². The summed E-state index contributed by atoms with van der Waals surface area (Å²) in [6.07, 6.45) is 1.61. The zero-order valence-corrected chi connectivity index (χ0v) is 18.1. The second kappa shape index (κ2) is 9.30. The number of aryl methyl sites for hydroxylation is 1. The van der Waals surface area contributed by atoms with E-state index in [0.717, 1.165) is 24.0 Å². The number of amides is 3. The quantitative estimate of drug-likeness (QED) is 0.682. The molecule has 0 radical (unpaired) electrons. The predicted molar refractivity (Wildman–Crippen MR) is 122 cm³/mol. The summed E-state index contributed by atoms with van der Waals surface area (Å²) in [4.78, 5) is 29.1. The van der Waals surface area contributed by atoms with Crippen LogP contribution in [0.1, 0.15) is 27.9 Å². The average molecular weight is 422 g/mol. The summed E-state index contributed by atoms with van der Waals surface area (Å²) < 4.78 is 1.28. The smallest absolute Gasteiger partial charge is 0.317 e. The van der Waals surface area contributed by atoms with Gasteiger partial charge in [0.25, 0.3) is 5.91 Å². The molecule has 1 aliphatic rings. The van der Waals surface area contributed by atoms with Crippen molar-refractivity contribution in [3.8, 4) is 0 Å². The van der Waals surface area contributed by atoms with Gasteiger partial charge in [0.05, 0.1) is 0 Å². The van der Waals surface area contributed by atoms with Crippen molar-refractivity contribution < 1.29 is 9.59 Å². The van der Waals surface area contributed by atoms with Gasteiger partial charge in [-0.2, -0.15) is 0 Å². The van der Waals surface area contributed by atoms with E-state index in [4.69, 9.17) is 0 Å². The summed E-state index contributed by atoms with van der Waals surface area (Å²) >= 11 is 1.74. The van der Waals surface area contributed by atoms with Crippen molar-refractivity contribution >= 4 is 33.4 Å². The zero-order valence-electron chi connectivity index (χ0n) is 17.3. The lowest BCUT2D eigenvalue weighted by atomic mass is 10.1. The molecule has 0 aliphatic carbocycles. The van der Waals surface area contributed by atoms with Gasteiger partial charge in [0.15, 0.2) is 0 Å². The highest BCUT2D eigenvalue weighted by Crippen LogP contribution is 2.25. The van der Waals surface area contributed by atoms with Gasteiger partial charge in [-0.05, 0) is 54.3 Å². The Balaban J connectivity index is 1.28. The molecule has 2 heterocycles. The van der Waals surface area contributed by atoms with Gasteiger partial charge in [-0.25, -0.2) is 4.79 Å². The van der Waals surface area contributed by atoms with Crippen LogP contribution in [0.4, 0.5) is 4.79 Å². The summed E-state index contributed by atoms with van der Waals surface area (Å²) in [6.45, 7) is 5.08. The molecule has 3 aromatic rings. The lowest BCUT2D eigenvalue weighted by molar-refractivity contribution is 0.0762. The van der Waals surface area contributed by atoms with Gasteiger partial charge in [0.1, 0.15) is 0 Å². The van der Waals surface area contributed by atoms with Crippen LogP contribution in [0.2, 0.25) is 0 Å². The molecule has 30 heavy (non-hydrogen) atoms. The molecule has 1 fully saturated rings. The van der Waals surface area contributed by atoms with Gasteiger partial charge < -0.3 is 15.1 Å². The number of urea groups is 1. The summed E-state index contributed by atoms with van der Waals surface area (Å²) in [7, 11) is 0. The van der Waals surface area contributed by atoms with Crippen molar-refractivity contribution in [2.45, 2.75) is 19.8 Å². The molecular formula is C24H27N3O2S. The Morgan fingerprint density at radius 3 is 2.67 bits per heavy atom. The molecule has 156 valence electrons. The molecule has 3 amide bonds. The van der Waals surface area contributed by atoms with E-state index >= 15 is 0 Å². The first-order valence-corrected chi connectivity index (χ1v) is 11.3. The summed E-state index contributed by atoms with van der Waals surface area (Å²) in [5, 5.41) is 6.51. The zero-order chi connectivity index (χ0) is 20.9.